The lowest BCUT2D eigenvalue weighted by Crippen LogP contribution is -2.27. The minimum atomic E-state index is 0.0328. The van der Waals surface area contributed by atoms with E-state index in [0.717, 1.165) is 11.1 Å². The van der Waals surface area contributed by atoms with Crippen LogP contribution in [0.3, 0.4) is 0 Å². The first-order valence-corrected chi connectivity index (χ1v) is 7.78. The zero-order valence-corrected chi connectivity index (χ0v) is 12.2. The van der Waals surface area contributed by atoms with Crippen LogP contribution in [0.25, 0.3) is 0 Å². The van der Waals surface area contributed by atoms with E-state index in [1.165, 1.54) is 0 Å². The van der Waals surface area contributed by atoms with Crippen LogP contribution in [0, 0.1) is 11.3 Å². The Balaban J connectivity index is 1.83. The fourth-order valence-electron chi connectivity index (χ4n) is 2.40. The second-order valence-electron chi connectivity index (χ2n) is 4.90. The van der Waals surface area contributed by atoms with E-state index in [0.29, 0.717) is 17.9 Å². The van der Waals surface area contributed by atoms with Gasteiger partial charge in [0.15, 0.2) is 0 Å². The highest BCUT2D eigenvalue weighted by molar-refractivity contribution is 8.00. The van der Waals surface area contributed by atoms with Crippen LogP contribution in [0.4, 0.5) is 0 Å². The third kappa shape index (κ3) is 2.93. The molecule has 0 bridgehead atoms. The number of thioether (sulfide) groups is 1. The lowest BCUT2D eigenvalue weighted by Gasteiger charge is -2.24. The Morgan fingerprint density at radius 2 is 1.86 bits per heavy atom. The van der Waals surface area contributed by atoms with Crippen molar-refractivity contribution in [3.05, 3.63) is 71.3 Å². The number of hydrogen-bond donors (Lipinski definition) is 0. The summed E-state index contributed by atoms with van der Waals surface area (Å²) >= 11 is 1.64. The number of rotatable bonds is 3. The molecule has 1 amide bonds. The fourth-order valence-corrected chi connectivity index (χ4v) is 3.59. The average molecular weight is 294 g/mol. The Labute approximate surface area is 128 Å². The first-order chi connectivity index (χ1) is 10.3. The van der Waals surface area contributed by atoms with Gasteiger partial charge in [0.1, 0.15) is 5.37 Å². The van der Waals surface area contributed by atoms with Crippen LogP contribution in [-0.4, -0.2) is 16.6 Å². The molecule has 1 aliphatic heterocycles. The fraction of sp³-hybridized carbons (Fsp3) is 0.176. The van der Waals surface area contributed by atoms with Gasteiger partial charge in [-0.15, -0.1) is 11.8 Å². The van der Waals surface area contributed by atoms with Crippen molar-refractivity contribution >= 4 is 17.7 Å². The van der Waals surface area contributed by atoms with E-state index >= 15 is 0 Å². The van der Waals surface area contributed by atoms with E-state index < -0.39 is 0 Å². The molecule has 0 spiro atoms. The molecule has 0 saturated carbocycles. The molecule has 0 N–H and O–H groups in total. The van der Waals surface area contributed by atoms with Gasteiger partial charge in [-0.1, -0.05) is 42.5 Å². The Kier molecular flexibility index (Phi) is 3.94. The molecule has 1 saturated heterocycles. The summed E-state index contributed by atoms with van der Waals surface area (Å²) in [7, 11) is 0. The Morgan fingerprint density at radius 1 is 1.14 bits per heavy atom. The molecule has 1 aliphatic rings. The Morgan fingerprint density at radius 3 is 2.52 bits per heavy atom. The summed E-state index contributed by atoms with van der Waals surface area (Å²) in [5.41, 5.74) is 2.84. The summed E-state index contributed by atoms with van der Waals surface area (Å²) in [6.45, 7) is 0.622. The standard InChI is InChI=1S/C17H14N2OS/c18-10-13-6-8-15(9-7-13)17-19(16(20)12-21-17)11-14-4-2-1-3-5-14/h1-9,17H,11-12H2. The molecule has 1 heterocycles. The second-order valence-corrected chi connectivity index (χ2v) is 5.97. The monoisotopic (exact) mass is 294 g/mol. The third-order valence-corrected chi connectivity index (χ3v) is 4.74. The third-order valence-electron chi connectivity index (χ3n) is 3.49. The van der Waals surface area contributed by atoms with Gasteiger partial charge in [-0.2, -0.15) is 5.26 Å². The van der Waals surface area contributed by atoms with Crippen LogP contribution in [0.5, 0.6) is 0 Å². The number of nitriles is 1. The molecule has 3 nitrogen and oxygen atoms in total. The molecule has 1 unspecified atom stereocenters. The molecular formula is C17H14N2OS. The van der Waals surface area contributed by atoms with Gasteiger partial charge in [0.25, 0.3) is 0 Å². The quantitative estimate of drug-likeness (QED) is 0.872. The van der Waals surface area contributed by atoms with Gasteiger partial charge in [0, 0.05) is 6.54 Å². The highest BCUT2D eigenvalue weighted by Crippen LogP contribution is 2.39. The molecule has 0 aliphatic carbocycles. The second kappa shape index (κ2) is 6.02. The van der Waals surface area contributed by atoms with E-state index in [2.05, 4.69) is 6.07 Å². The van der Waals surface area contributed by atoms with E-state index in [1.54, 1.807) is 23.9 Å². The van der Waals surface area contributed by atoms with Crippen molar-refractivity contribution in [3.63, 3.8) is 0 Å². The number of amides is 1. The van der Waals surface area contributed by atoms with Crippen molar-refractivity contribution in [1.82, 2.24) is 4.90 Å². The van der Waals surface area contributed by atoms with Crippen molar-refractivity contribution in [2.75, 3.05) is 5.75 Å². The van der Waals surface area contributed by atoms with E-state index in [9.17, 15) is 4.79 Å². The zero-order valence-electron chi connectivity index (χ0n) is 11.4. The van der Waals surface area contributed by atoms with Crippen LogP contribution >= 0.6 is 11.8 Å². The minimum absolute atomic E-state index is 0.0328. The number of carbonyl (C=O) groups excluding carboxylic acids is 1. The highest BCUT2D eigenvalue weighted by Gasteiger charge is 2.32. The number of nitrogens with zero attached hydrogens (tertiary/aromatic N) is 2. The van der Waals surface area contributed by atoms with Gasteiger partial charge in [0.2, 0.25) is 5.91 Å². The number of hydrogen-bond acceptors (Lipinski definition) is 3. The largest absolute Gasteiger partial charge is 0.322 e. The van der Waals surface area contributed by atoms with E-state index in [1.807, 2.05) is 47.4 Å². The maximum Gasteiger partial charge on any atom is 0.234 e. The van der Waals surface area contributed by atoms with E-state index in [4.69, 9.17) is 5.26 Å². The maximum absolute atomic E-state index is 12.1. The normalized spacial score (nSPS) is 17.8. The summed E-state index contributed by atoms with van der Waals surface area (Å²) < 4.78 is 0. The molecule has 0 aromatic heterocycles. The van der Waals surface area contributed by atoms with Crippen LogP contribution in [0.1, 0.15) is 22.1 Å². The lowest BCUT2D eigenvalue weighted by atomic mass is 10.1. The topological polar surface area (TPSA) is 44.1 Å². The van der Waals surface area contributed by atoms with E-state index in [-0.39, 0.29) is 11.3 Å². The number of carbonyl (C=O) groups is 1. The predicted octanol–water partition coefficient (Wildman–Crippen LogP) is 3.33. The van der Waals surface area contributed by atoms with Crippen molar-refractivity contribution in [2.24, 2.45) is 0 Å². The van der Waals surface area contributed by atoms with Crippen molar-refractivity contribution in [1.29, 1.82) is 5.26 Å². The molecule has 1 atom stereocenters. The Hall–Kier alpha value is -2.25. The molecule has 1 fully saturated rings. The van der Waals surface area contributed by atoms with Gasteiger partial charge >= 0.3 is 0 Å². The zero-order chi connectivity index (χ0) is 14.7. The number of benzene rings is 2. The van der Waals surface area contributed by atoms with Gasteiger partial charge < -0.3 is 4.90 Å². The van der Waals surface area contributed by atoms with Crippen molar-refractivity contribution in [3.8, 4) is 6.07 Å². The van der Waals surface area contributed by atoms with Crippen molar-refractivity contribution in [2.45, 2.75) is 11.9 Å². The molecule has 104 valence electrons. The molecule has 3 rings (SSSR count). The molecule has 2 aromatic carbocycles. The average Bonchev–Trinajstić information content (AvgIpc) is 2.90. The lowest BCUT2D eigenvalue weighted by molar-refractivity contribution is -0.128. The molecular weight excluding hydrogens is 280 g/mol. The SMILES string of the molecule is N#Cc1ccc(C2SCC(=O)N2Cc2ccccc2)cc1. The molecule has 21 heavy (non-hydrogen) atoms. The maximum atomic E-state index is 12.1. The van der Waals surface area contributed by atoms with Gasteiger partial charge in [-0.3, -0.25) is 4.79 Å². The summed E-state index contributed by atoms with van der Waals surface area (Å²) in [6.07, 6.45) is 0. The van der Waals surface area contributed by atoms with Crippen LogP contribution in [0.15, 0.2) is 54.6 Å². The summed E-state index contributed by atoms with van der Waals surface area (Å²) in [5, 5.41) is 8.90. The predicted molar refractivity (Wildman–Crippen MR) is 83.3 cm³/mol. The minimum Gasteiger partial charge on any atom is -0.322 e. The van der Waals surface area contributed by atoms with Gasteiger partial charge in [-0.05, 0) is 23.3 Å². The summed E-state index contributed by atoms with van der Waals surface area (Å²) in [4.78, 5) is 14.0. The van der Waals surface area contributed by atoms with Crippen molar-refractivity contribution < 1.29 is 4.79 Å². The smallest absolute Gasteiger partial charge is 0.234 e. The van der Waals surface area contributed by atoms with Crippen LogP contribution in [0.2, 0.25) is 0 Å². The summed E-state index contributed by atoms with van der Waals surface area (Å²) in [6, 6.07) is 19.6. The van der Waals surface area contributed by atoms with Crippen LogP contribution < -0.4 is 0 Å². The molecule has 2 aromatic rings. The molecule has 4 heteroatoms. The Bertz CT molecular complexity index is 676. The highest BCUT2D eigenvalue weighted by atomic mass is 32.2. The molecule has 0 radical (unpaired) electrons. The summed E-state index contributed by atoms with van der Waals surface area (Å²) in [5.74, 6) is 0.676. The van der Waals surface area contributed by atoms with Gasteiger partial charge in [-0.25, -0.2) is 0 Å². The van der Waals surface area contributed by atoms with Crippen LogP contribution in [-0.2, 0) is 11.3 Å². The van der Waals surface area contributed by atoms with Gasteiger partial charge in [0.05, 0.1) is 17.4 Å². The first-order valence-electron chi connectivity index (χ1n) is 6.73. The first kappa shape index (κ1) is 13.7.